The Bertz CT molecular complexity index is 208. The monoisotopic (exact) mass is 212 g/mol. The minimum atomic E-state index is -1.27. The number of rotatable bonds is 6. The Kier molecular flexibility index (Phi) is 5.27. The van der Waals surface area contributed by atoms with Gasteiger partial charge in [-0.2, -0.15) is 0 Å². The van der Waals surface area contributed by atoms with Gasteiger partial charge in [-0.15, -0.1) is 6.58 Å². The van der Waals surface area contributed by atoms with Crippen LogP contribution in [0.3, 0.4) is 0 Å². The van der Waals surface area contributed by atoms with Gasteiger partial charge in [0.05, 0.1) is 0 Å². The zero-order chi connectivity index (χ0) is 12.1. The Labute approximate surface area is 94.3 Å². The van der Waals surface area contributed by atoms with Crippen LogP contribution < -0.4 is 0 Å². The lowest BCUT2D eigenvalue weighted by molar-refractivity contribution is 0.110. The van der Waals surface area contributed by atoms with Crippen LogP contribution in [0.4, 0.5) is 4.39 Å². The number of halogens is 1. The summed E-state index contributed by atoms with van der Waals surface area (Å²) in [7, 11) is 0. The van der Waals surface area contributed by atoms with E-state index in [0.29, 0.717) is 0 Å². The Morgan fingerprint density at radius 1 is 1.20 bits per heavy atom. The molecule has 15 heavy (non-hydrogen) atoms. The maximum atomic E-state index is 14.2. The highest BCUT2D eigenvalue weighted by molar-refractivity contribution is 4.99. The zero-order valence-corrected chi connectivity index (χ0v) is 10.6. The van der Waals surface area contributed by atoms with Crippen molar-refractivity contribution in [2.45, 2.75) is 52.6 Å². The Morgan fingerprint density at radius 3 is 2.07 bits per heavy atom. The molecule has 0 heterocycles. The Balaban J connectivity index is 4.57. The van der Waals surface area contributed by atoms with E-state index in [-0.39, 0.29) is 11.3 Å². The average molecular weight is 212 g/mol. The van der Waals surface area contributed by atoms with Crippen molar-refractivity contribution >= 4 is 0 Å². The molecule has 0 aromatic rings. The number of alkyl halides is 1. The predicted molar refractivity (Wildman–Crippen MR) is 66.7 cm³/mol. The fourth-order valence-electron chi connectivity index (χ4n) is 1.81. The number of allylic oxidation sites excluding steroid dienone is 2. The van der Waals surface area contributed by atoms with Crippen LogP contribution >= 0.6 is 0 Å². The summed E-state index contributed by atoms with van der Waals surface area (Å²) >= 11 is 0. The normalized spacial score (nSPS) is 17.9. The maximum absolute atomic E-state index is 14.2. The smallest absolute Gasteiger partial charge is 0.128 e. The van der Waals surface area contributed by atoms with E-state index in [2.05, 4.69) is 33.9 Å². The summed E-state index contributed by atoms with van der Waals surface area (Å²) in [5, 5.41) is 0. The van der Waals surface area contributed by atoms with Crippen LogP contribution in [0.25, 0.3) is 0 Å². The molecule has 88 valence electrons. The third-order valence-electron chi connectivity index (χ3n) is 2.78. The van der Waals surface area contributed by atoms with Crippen LogP contribution in [0.1, 0.15) is 47.0 Å². The van der Waals surface area contributed by atoms with E-state index in [0.717, 1.165) is 19.3 Å². The SMILES string of the molecule is C=CCCC(CC(C)(C)C)C(C)(F)C=C. The molecule has 0 saturated carbocycles. The quantitative estimate of drug-likeness (QED) is 0.548. The van der Waals surface area contributed by atoms with E-state index >= 15 is 0 Å². The standard InChI is InChI=1S/C14H25F/c1-7-9-10-12(11-13(3,4)5)14(6,15)8-2/h7-8,12H,1-2,9-11H2,3-6H3. The second-order valence-electron chi connectivity index (χ2n) is 5.68. The van der Waals surface area contributed by atoms with Gasteiger partial charge in [-0.05, 0) is 37.5 Å². The maximum Gasteiger partial charge on any atom is 0.128 e. The topological polar surface area (TPSA) is 0 Å². The van der Waals surface area contributed by atoms with Crippen molar-refractivity contribution in [1.82, 2.24) is 0 Å². The first kappa shape index (κ1) is 14.4. The molecule has 2 atom stereocenters. The fourth-order valence-corrected chi connectivity index (χ4v) is 1.81. The van der Waals surface area contributed by atoms with E-state index in [4.69, 9.17) is 0 Å². The van der Waals surface area contributed by atoms with Crippen molar-refractivity contribution < 1.29 is 4.39 Å². The molecule has 0 N–H and O–H groups in total. The van der Waals surface area contributed by atoms with E-state index in [1.165, 1.54) is 6.08 Å². The molecular weight excluding hydrogens is 187 g/mol. The summed E-state index contributed by atoms with van der Waals surface area (Å²) in [6.45, 7) is 15.3. The molecule has 0 aromatic carbocycles. The lowest BCUT2D eigenvalue weighted by atomic mass is 9.75. The first-order valence-electron chi connectivity index (χ1n) is 5.66. The molecule has 0 aliphatic rings. The Morgan fingerprint density at radius 2 is 1.73 bits per heavy atom. The van der Waals surface area contributed by atoms with Gasteiger partial charge in [-0.3, -0.25) is 0 Å². The summed E-state index contributed by atoms with van der Waals surface area (Å²) in [4.78, 5) is 0. The third kappa shape index (κ3) is 5.76. The van der Waals surface area contributed by atoms with Crippen molar-refractivity contribution in [1.29, 1.82) is 0 Å². The first-order chi connectivity index (χ1) is 6.73. The highest BCUT2D eigenvalue weighted by Gasteiger charge is 2.33. The molecule has 0 fully saturated rings. The molecule has 1 heteroatoms. The molecular formula is C14H25F. The highest BCUT2D eigenvalue weighted by atomic mass is 19.1. The predicted octanol–water partition coefficient (Wildman–Crippen LogP) is 4.92. The van der Waals surface area contributed by atoms with E-state index in [9.17, 15) is 4.39 Å². The van der Waals surface area contributed by atoms with Gasteiger partial charge in [0.2, 0.25) is 0 Å². The van der Waals surface area contributed by atoms with Crippen molar-refractivity contribution in [3.63, 3.8) is 0 Å². The van der Waals surface area contributed by atoms with Gasteiger partial charge in [0, 0.05) is 0 Å². The second-order valence-corrected chi connectivity index (χ2v) is 5.68. The minimum absolute atomic E-state index is 0.0352. The van der Waals surface area contributed by atoms with Crippen LogP contribution in [0.5, 0.6) is 0 Å². The van der Waals surface area contributed by atoms with Gasteiger partial charge in [-0.25, -0.2) is 4.39 Å². The van der Waals surface area contributed by atoms with Crippen LogP contribution in [-0.2, 0) is 0 Å². The molecule has 0 radical (unpaired) electrons. The lowest BCUT2D eigenvalue weighted by Crippen LogP contribution is -2.30. The molecule has 0 aromatic heterocycles. The number of hydrogen-bond acceptors (Lipinski definition) is 0. The largest absolute Gasteiger partial charge is 0.239 e. The second kappa shape index (κ2) is 5.48. The number of hydrogen-bond donors (Lipinski definition) is 0. The summed E-state index contributed by atoms with van der Waals surface area (Å²) in [6, 6.07) is 0. The van der Waals surface area contributed by atoms with Crippen LogP contribution in [-0.4, -0.2) is 5.67 Å². The summed E-state index contributed by atoms with van der Waals surface area (Å²) in [6.07, 6.45) is 5.88. The minimum Gasteiger partial charge on any atom is -0.239 e. The van der Waals surface area contributed by atoms with Crippen molar-refractivity contribution in [2.24, 2.45) is 11.3 Å². The summed E-state index contributed by atoms with van der Waals surface area (Å²) in [5.41, 5.74) is -1.11. The molecule has 0 spiro atoms. The zero-order valence-electron chi connectivity index (χ0n) is 10.6. The van der Waals surface area contributed by atoms with Gasteiger partial charge in [0.15, 0.2) is 0 Å². The van der Waals surface area contributed by atoms with Gasteiger partial charge in [-0.1, -0.05) is 39.5 Å². The van der Waals surface area contributed by atoms with Gasteiger partial charge >= 0.3 is 0 Å². The van der Waals surface area contributed by atoms with Crippen molar-refractivity contribution in [3.8, 4) is 0 Å². The first-order valence-corrected chi connectivity index (χ1v) is 5.66. The third-order valence-corrected chi connectivity index (χ3v) is 2.78. The van der Waals surface area contributed by atoms with Gasteiger partial charge in [0.1, 0.15) is 5.67 Å². The molecule has 0 saturated heterocycles. The Hall–Kier alpha value is -0.590. The van der Waals surface area contributed by atoms with Crippen LogP contribution in [0.15, 0.2) is 25.3 Å². The van der Waals surface area contributed by atoms with E-state index in [1.807, 2.05) is 6.08 Å². The van der Waals surface area contributed by atoms with Crippen molar-refractivity contribution in [2.75, 3.05) is 0 Å². The summed E-state index contributed by atoms with van der Waals surface area (Å²) in [5.74, 6) is 0.0352. The van der Waals surface area contributed by atoms with Gasteiger partial charge < -0.3 is 0 Å². The average Bonchev–Trinajstić information content (AvgIpc) is 2.10. The summed E-state index contributed by atoms with van der Waals surface area (Å²) < 4.78 is 14.2. The lowest BCUT2D eigenvalue weighted by Gasteiger charge is -2.33. The fraction of sp³-hybridized carbons (Fsp3) is 0.714. The molecule has 0 rings (SSSR count). The van der Waals surface area contributed by atoms with E-state index in [1.54, 1.807) is 6.92 Å². The molecule has 0 aliphatic carbocycles. The van der Waals surface area contributed by atoms with Crippen LogP contribution in [0, 0.1) is 11.3 Å². The van der Waals surface area contributed by atoms with Crippen LogP contribution in [0.2, 0.25) is 0 Å². The van der Waals surface area contributed by atoms with Crippen molar-refractivity contribution in [3.05, 3.63) is 25.3 Å². The molecule has 0 amide bonds. The molecule has 0 bridgehead atoms. The highest BCUT2D eigenvalue weighted by Crippen LogP contribution is 2.37. The molecule has 0 aliphatic heterocycles. The molecule has 2 unspecified atom stereocenters. The van der Waals surface area contributed by atoms with Gasteiger partial charge in [0.25, 0.3) is 0 Å². The molecule has 0 nitrogen and oxygen atoms in total. The van der Waals surface area contributed by atoms with E-state index < -0.39 is 5.67 Å².